The third kappa shape index (κ3) is 4.47. The molecule has 5 nitrogen and oxygen atoms in total. The van der Waals surface area contributed by atoms with Crippen LogP contribution in [0.1, 0.15) is 5.56 Å². The Labute approximate surface area is 125 Å². The second-order valence-corrected chi connectivity index (χ2v) is 6.32. The van der Waals surface area contributed by atoms with Crippen molar-refractivity contribution in [1.29, 1.82) is 0 Å². The lowest BCUT2D eigenvalue weighted by Gasteiger charge is -2.12. The van der Waals surface area contributed by atoms with Crippen molar-refractivity contribution < 1.29 is 17.3 Å². The summed E-state index contributed by atoms with van der Waals surface area (Å²) in [4.78, 5) is 0. The summed E-state index contributed by atoms with van der Waals surface area (Å²) >= 11 is 0. The second kappa shape index (κ2) is 6.60. The van der Waals surface area contributed by atoms with Gasteiger partial charge in [-0.05, 0) is 29.8 Å². The summed E-state index contributed by atoms with van der Waals surface area (Å²) in [6, 6.07) is 16.2. The first kappa shape index (κ1) is 15.3. The van der Waals surface area contributed by atoms with E-state index in [1.54, 1.807) is 24.3 Å². The van der Waals surface area contributed by atoms with Gasteiger partial charge < -0.3 is 8.92 Å². The van der Waals surface area contributed by atoms with Crippen molar-refractivity contribution in [2.45, 2.75) is 6.61 Å². The number of hydrogen-bond acceptors (Lipinski definition) is 4. The third-order valence-electron chi connectivity index (χ3n) is 2.72. The van der Waals surface area contributed by atoms with Gasteiger partial charge in [-0.1, -0.05) is 30.3 Å². The van der Waals surface area contributed by atoms with Gasteiger partial charge in [0.1, 0.15) is 18.1 Å². The van der Waals surface area contributed by atoms with Gasteiger partial charge in [-0.15, -0.1) is 0 Å². The Morgan fingerprint density at radius 3 is 2.05 bits per heavy atom. The van der Waals surface area contributed by atoms with Crippen LogP contribution in [-0.4, -0.2) is 26.8 Å². The fourth-order valence-corrected chi connectivity index (χ4v) is 2.03. The highest BCUT2D eigenvalue weighted by atomic mass is 32.2. The minimum atomic E-state index is -3.73. The van der Waals surface area contributed by atoms with Crippen molar-refractivity contribution in [3.63, 3.8) is 0 Å². The molecule has 0 aliphatic rings. The standard InChI is InChI=1S/C15H17NO4S/c1-16(2)21(17,18)20-15-10-8-14(9-11-15)19-12-13-6-4-3-5-7-13/h3-11H,12H2,1-2H3. The molecule has 0 radical (unpaired) electrons. The molecule has 2 rings (SSSR count). The van der Waals surface area contributed by atoms with Gasteiger partial charge in [0.05, 0.1) is 0 Å². The largest absolute Gasteiger partial charge is 0.489 e. The van der Waals surface area contributed by atoms with E-state index in [9.17, 15) is 8.42 Å². The van der Waals surface area contributed by atoms with Crippen molar-refractivity contribution in [2.24, 2.45) is 0 Å². The molecular formula is C15H17NO4S. The Hall–Kier alpha value is -2.05. The van der Waals surface area contributed by atoms with Gasteiger partial charge in [0.2, 0.25) is 0 Å². The molecule has 0 amide bonds. The molecule has 0 aromatic heterocycles. The number of nitrogens with zero attached hydrogens (tertiary/aromatic N) is 1. The quantitative estimate of drug-likeness (QED) is 0.822. The molecule has 2 aromatic rings. The van der Waals surface area contributed by atoms with E-state index in [1.165, 1.54) is 14.1 Å². The maximum Gasteiger partial charge on any atom is 0.384 e. The Balaban J connectivity index is 1.96. The molecule has 2 aromatic carbocycles. The first-order valence-corrected chi connectivity index (χ1v) is 7.72. The third-order valence-corrected chi connectivity index (χ3v) is 4.02. The van der Waals surface area contributed by atoms with Crippen molar-refractivity contribution in [3.8, 4) is 11.5 Å². The van der Waals surface area contributed by atoms with Crippen molar-refractivity contribution in [1.82, 2.24) is 4.31 Å². The van der Waals surface area contributed by atoms with Gasteiger partial charge >= 0.3 is 10.3 Å². The Morgan fingerprint density at radius 2 is 1.48 bits per heavy atom. The highest BCUT2D eigenvalue weighted by Crippen LogP contribution is 2.20. The van der Waals surface area contributed by atoms with Crippen molar-refractivity contribution >= 4 is 10.3 Å². The van der Waals surface area contributed by atoms with Crippen LogP contribution in [0.15, 0.2) is 54.6 Å². The molecule has 0 saturated carbocycles. The molecule has 0 saturated heterocycles. The van der Waals surface area contributed by atoms with Gasteiger partial charge in [-0.2, -0.15) is 12.7 Å². The molecule has 0 fully saturated rings. The summed E-state index contributed by atoms with van der Waals surface area (Å²) in [6.45, 7) is 0.455. The lowest BCUT2D eigenvalue weighted by Crippen LogP contribution is -2.26. The molecule has 0 aliphatic carbocycles. The maximum atomic E-state index is 11.6. The molecular weight excluding hydrogens is 290 g/mol. The van der Waals surface area contributed by atoms with E-state index in [2.05, 4.69) is 0 Å². The van der Waals surface area contributed by atoms with E-state index in [0.717, 1.165) is 9.87 Å². The average molecular weight is 307 g/mol. The summed E-state index contributed by atoms with van der Waals surface area (Å²) in [5, 5.41) is 0. The fourth-order valence-electron chi connectivity index (χ4n) is 1.53. The Bertz CT molecular complexity index is 667. The highest BCUT2D eigenvalue weighted by molar-refractivity contribution is 7.84. The highest BCUT2D eigenvalue weighted by Gasteiger charge is 2.15. The van der Waals surface area contributed by atoms with Crippen LogP contribution >= 0.6 is 0 Å². The SMILES string of the molecule is CN(C)S(=O)(=O)Oc1ccc(OCc2ccccc2)cc1. The number of hydrogen-bond donors (Lipinski definition) is 0. The van der Waals surface area contributed by atoms with Crippen LogP contribution in [0.25, 0.3) is 0 Å². The van der Waals surface area contributed by atoms with Crippen LogP contribution in [0.5, 0.6) is 11.5 Å². The van der Waals surface area contributed by atoms with Gasteiger partial charge in [-0.25, -0.2) is 0 Å². The first-order valence-electron chi connectivity index (χ1n) is 6.36. The molecule has 0 unspecified atom stereocenters. The van der Waals surface area contributed by atoms with Crippen molar-refractivity contribution in [2.75, 3.05) is 14.1 Å². The fraction of sp³-hybridized carbons (Fsp3) is 0.200. The van der Waals surface area contributed by atoms with Gasteiger partial charge in [0.15, 0.2) is 0 Å². The number of rotatable bonds is 6. The molecule has 0 bridgehead atoms. The molecule has 112 valence electrons. The van der Waals surface area contributed by atoms with E-state index in [4.69, 9.17) is 8.92 Å². The zero-order valence-corrected chi connectivity index (χ0v) is 12.7. The summed E-state index contributed by atoms with van der Waals surface area (Å²) in [5.74, 6) is 0.893. The minimum Gasteiger partial charge on any atom is -0.489 e. The predicted octanol–water partition coefficient (Wildman–Crippen LogP) is 2.45. The lowest BCUT2D eigenvalue weighted by molar-refractivity contribution is 0.306. The van der Waals surface area contributed by atoms with Crippen molar-refractivity contribution in [3.05, 3.63) is 60.2 Å². The van der Waals surface area contributed by atoms with Crippen LogP contribution in [-0.2, 0) is 16.9 Å². The minimum absolute atomic E-state index is 0.246. The summed E-state index contributed by atoms with van der Waals surface area (Å²) in [5.41, 5.74) is 1.06. The second-order valence-electron chi connectivity index (χ2n) is 4.57. The Kier molecular flexibility index (Phi) is 4.82. The monoisotopic (exact) mass is 307 g/mol. The number of ether oxygens (including phenoxy) is 1. The predicted molar refractivity (Wildman–Crippen MR) is 80.5 cm³/mol. The van der Waals surface area contributed by atoms with Crippen LogP contribution < -0.4 is 8.92 Å². The van der Waals surface area contributed by atoms with E-state index in [0.29, 0.717) is 12.4 Å². The van der Waals surface area contributed by atoms with E-state index in [-0.39, 0.29) is 5.75 Å². The first-order chi connectivity index (χ1) is 9.97. The molecule has 6 heteroatoms. The van der Waals surface area contributed by atoms with Crippen LogP contribution in [0.3, 0.4) is 0 Å². The summed E-state index contributed by atoms with van der Waals surface area (Å²) in [6.07, 6.45) is 0. The molecule has 0 atom stereocenters. The summed E-state index contributed by atoms with van der Waals surface area (Å²) in [7, 11) is -0.908. The van der Waals surface area contributed by atoms with Gasteiger partial charge in [-0.3, -0.25) is 0 Å². The van der Waals surface area contributed by atoms with Crippen LogP contribution in [0, 0.1) is 0 Å². The maximum absolute atomic E-state index is 11.6. The Morgan fingerprint density at radius 1 is 0.905 bits per heavy atom. The van der Waals surface area contributed by atoms with E-state index >= 15 is 0 Å². The topological polar surface area (TPSA) is 55.8 Å². The average Bonchev–Trinajstić information content (AvgIpc) is 2.47. The molecule has 0 spiro atoms. The van der Waals surface area contributed by atoms with Crippen LogP contribution in [0.2, 0.25) is 0 Å². The van der Waals surface area contributed by atoms with E-state index < -0.39 is 10.3 Å². The molecule has 0 heterocycles. The van der Waals surface area contributed by atoms with E-state index in [1.807, 2.05) is 30.3 Å². The van der Waals surface area contributed by atoms with Crippen LogP contribution in [0.4, 0.5) is 0 Å². The number of benzene rings is 2. The normalized spacial score (nSPS) is 11.4. The lowest BCUT2D eigenvalue weighted by atomic mass is 10.2. The van der Waals surface area contributed by atoms with Gasteiger partial charge in [0, 0.05) is 14.1 Å². The van der Waals surface area contributed by atoms with Gasteiger partial charge in [0.25, 0.3) is 0 Å². The molecule has 0 aliphatic heterocycles. The zero-order chi connectivity index (χ0) is 15.3. The zero-order valence-electron chi connectivity index (χ0n) is 11.9. The smallest absolute Gasteiger partial charge is 0.384 e. The molecule has 21 heavy (non-hydrogen) atoms. The molecule has 0 N–H and O–H groups in total. The summed E-state index contributed by atoms with van der Waals surface area (Å²) < 4.78 is 34.7.